The first-order valence-corrected chi connectivity index (χ1v) is 6.01. The van der Waals surface area contributed by atoms with E-state index < -0.39 is 17.9 Å². The molecule has 0 aromatic carbocycles. The van der Waals surface area contributed by atoms with Crippen LogP contribution < -0.4 is 5.32 Å². The van der Waals surface area contributed by atoms with Gasteiger partial charge in [-0.15, -0.1) is 11.3 Å². The summed E-state index contributed by atoms with van der Waals surface area (Å²) in [6.07, 6.45) is 0.302. The summed E-state index contributed by atoms with van der Waals surface area (Å²) in [4.78, 5) is 22.4. The first-order chi connectivity index (χ1) is 7.45. The fraction of sp³-hybridized carbons (Fsp3) is 0.333. The third-order valence-corrected chi connectivity index (χ3v) is 3.40. The number of halogens is 2. The third-order valence-electron chi connectivity index (χ3n) is 1.91. The zero-order valence-corrected chi connectivity index (χ0v) is 10.6. The second-order valence-corrected chi connectivity index (χ2v) is 5.30. The van der Waals surface area contributed by atoms with E-state index in [-0.39, 0.29) is 9.90 Å². The Morgan fingerprint density at radius 3 is 2.56 bits per heavy atom. The minimum atomic E-state index is -1.08. The molecule has 16 heavy (non-hydrogen) atoms. The number of amides is 1. The summed E-state index contributed by atoms with van der Waals surface area (Å²) < 4.78 is 0.640. The quantitative estimate of drug-likeness (QED) is 0.892. The molecule has 0 aliphatic carbocycles. The number of carboxylic acids is 1. The molecule has 4 nitrogen and oxygen atoms in total. The van der Waals surface area contributed by atoms with Gasteiger partial charge in [0.1, 0.15) is 10.4 Å². The van der Waals surface area contributed by atoms with Gasteiger partial charge in [0, 0.05) is 0 Å². The van der Waals surface area contributed by atoms with Crippen molar-refractivity contribution in [3.8, 4) is 0 Å². The van der Waals surface area contributed by atoms with Gasteiger partial charge in [0.25, 0.3) is 5.91 Å². The van der Waals surface area contributed by atoms with Crippen LogP contribution in [0.2, 0.25) is 8.67 Å². The van der Waals surface area contributed by atoms with Gasteiger partial charge < -0.3 is 10.4 Å². The Labute approximate surface area is 106 Å². The monoisotopic (exact) mass is 281 g/mol. The van der Waals surface area contributed by atoms with Crippen LogP contribution in [0.3, 0.4) is 0 Å². The van der Waals surface area contributed by atoms with Crippen molar-refractivity contribution < 1.29 is 14.7 Å². The first-order valence-electron chi connectivity index (χ1n) is 4.44. The van der Waals surface area contributed by atoms with E-state index >= 15 is 0 Å². The first kappa shape index (κ1) is 13.3. The minimum absolute atomic E-state index is 0.205. The second-order valence-electron chi connectivity index (χ2n) is 3.01. The average Bonchev–Trinajstić information content (AvgIpc) is 2.53. The number of thiophene rings is 1. The molecule has 2 N–H and O–H groups in total. The predicted molar refractivity (Wildman–Crippen MR) is 63.5 cm³/mol. The summed E-state index contributed by atoms with van der Waals surface area (Å²) in [5.74, 6) is -1.60. The zero-order valence-electron chi connectivity index (χ0n) is 8.29. The van der Waals surface area contributed by atoms with Crippen LogP contribution in [0.15, 0.2) is 6.07 Å². The Morgan fingerprint density at radius 2 is 2.19 bits per heavy atom. The van der Waals surface area contributed by atoms with Crippen LogP contribution in [-0.4, -0.2) is 23.0 Å². The molecule has 0 saturated carbocycles. The molecule has 1 atom stereocenters. The molecule has 1 amide bonds. The number of nitrogens with one attached hydrogen (secondary N) is 1. The highest BCUT2D eigenvalue weighted by molar-refractivity contribution is 7.20. The molecule has 0 bridgehead atoms. The molecule has 0 unspecified atom stereocenters. The number of rotatable bonds is 4. The van der Waals surface area contributed by atoms with Crippen LogP contribution in [0, 0.1) is 0 Å². The Kier molecular flexibility index (Phi) is 4.58. The van der Waals surface area contributed by atoms with Gasteiger partial charge in [0.2, 0.25) is 0 Å². The molecule has 0 aliphatic rings. The lowest BCUT2D eigenvalue weighted by Crippen LogP contribution is -2.40. The van der Waals surface area contributed by atoms with Crippen LogP contribution in [-0.2, 0) is 4.79 Å². The molecular formula is C9H9Cl2NO3S. The number of carboxylic acid groups (broad SMARTS) is 1. The molecule has 0 aliphatic heterocycles. The molecule has 1 aromatic rings. The average molecular weight is 282 g/mol. The van der Waals surface area contributed by atoms with Gasteiger partial charge in [-0.3, -0.25) is 4.79 Å². The summed E-state index contributed by atoms with van der Waals surface area (Å²) in [5.41, 5.74) is 0.205. The van der Waals surface area contributed by atoms with Gasteiger partial charge in [-0.2, -0.15) is 0 Å². The van der Waals surface area contributed by atoms with Crippen molar-refractivity contribution in [2.24, 2.45) is 0 Å². The van der Waals surface area contributed by atoms with Gasteiger partial charge in [-0.05, 0) is 12.5 Å². The molecule has 0 fully saturated rings. The number of carbonyl (C=O) groups excluding carboxylic acids is 1. The van der Waals surface area contributed by atoms with Gasteiger partial charge in [0.15, 0.2) is 0 Å². The van der Waals surface area contributed by atoms with E-state index in [9.17, 15) is 9.59 Å². The van der Waals surface area contributed by atoms with Gasteiger partial charge in [-0.25, -0.2) is 4.79 Å². The molecule has 0 saturated heterocycles. The van der Waals surface area contributed by atoms with E-state index in [1.807, 2.05) is 0 Å². The predicted octanol–water partition coefficient (Wildman–Crippen LogP) is 2.65. The fourth-order valence-corrected chi connectivity index (χ4v) is 2.53. The molecule has 88 valence electrons. The van der Waals surface area contributed by atoms with Crippen molar-refractivity contribution in [3.05, 3.63) is 20.3 Å². The molecular weight excluding hydrogens is 273 g/mol. The number of carbonyl (C=O) groups is 2. The summed E-state index contributed by atoms with van der Waals surface area (Å²) in [7, 11) is 0. The Hall–Kier alpha value is -0.780. The van der Waals surface area contributed by atoms with E-state index in [1.54, 1.807) is 6.92 Å². The van der Waals surface area contributed by atoms with Crippen molar-refractivity contribution in [1.29, 1.82) is 0 Å². The van der Waals surface area contributed by atoms with Crippen LogP contribution >= 0.6 is 34.5 Å². The molecule has 1 aromatic heterocycles. The molecule has 7 heteroatoms. The van der Waals surface area contributed by atoms with Crippen LogP contribution in [0.1, 0.15) is 23.7 Å². The standard InChI is InChI=1S/C9H9Cl2NO3S/c1-2-5(9(14)15)12-8(13)4-3-6(10)16-7(4)11/h3,5H,2H2,1H3,(H,12,13)(H,14,15)/t5-/m0/s1. The maximum absolute atomic E-state index is 11.6. The molecule has 0 spiro atoms. The Bertz CT molecular complexity index is 419. The lowest BCUT2D eigenvalue weighted by atomic mass is 10.2. The largest absolute Gasteiger partial charge is 0.480 e. The maximum Gasteiger partial charge on any atom is 0.326 e. The van der Waals surface area contributed by atoms with Gasteiger partial charge >= 0.3 is 5.97 Å². The van der Waals surface area contributed by atoms with E-state index in [4.69, 9.17) is 28.3 Å². The number of hydrogen-bond acceptors (Lipinski definition) is 3. The topological polar surface area (TPSA) is 66.4 Å². The zero-order chi connectivity index (χ0) is 12.3. The highest BCUT2D eigenvalue weighted by Gasteiger charge is 2.21. The van der Waals surface area contributed by atoms with Crippen molar-refractivity contribution in [2.45, 2.75) is 19.4 Å². The van der Waals surface area contributed by atoms with E-state index in [0.29, 0.717) is 10.8 Å². The van der Waals surface area contributed by atoms with E-state index in [1.165, 1.54) is 6.07 Å². The lowest BCUT2D eigenvalue weighted by molar-refractivity contribution is -0.139. The van der Waals surface area contributed by atoms with Gasteiger partial charge in [0.05, 0.1) is 9.90 Å². The Balaban J connectivity index is 2.79. The normalized spacial score (nSPS) is 12.2. The van der Waals surface area contributed by atoms with Crippen molar-refractivity contribution in [1.82, 2.24) is 5.32 Å². The third kappa shape index (κ3) is 3.10. The van der Waals surface area contributed by atoms with E-state index in [2.05, 4.69) is 5.32 Å². The highest BCUT2D eigenvalue weighted by Crippen LogP contribution is 2.31. The van der Waals surface area contributed by atoms with Crippen molar-refractivity contribution in [3.63, 3.8) is 0 Å². The smallest absolute Gasteiger partial charge is 0.326 e. The van der Waals surface area contributed by atoms with Crippen LogP contribution in [0.25, 0.3) is 0 Å². The SMILES string of the molecule is CC[C@H](NC(=O)c1cc(Cl)sc1Cl)C(=O)O. The summed E-state index contributed by atoms with van der Waals surface area (Å²) >= 11 is 12.5. The van der Waals surface area contributed by atoms with Crippen molar-refractivity contribution >= 4 is 46.4 Å². The molecule has 0 radical (unpaired) electrons. The lowest BCUT2D eigenvalue weighted by Gasteiger charge is -2.11. The maximum atomic E-state index is 11.6. The summed E-state index contributed by atoms with van der Waals surface area (Å²) in [5, 5.41) is 11.1. The Morgan fingerprint density at radius 1 is 1.56 bits per heavy atom. The summed E-state index contributed by atoms with van der Waals surface area (Å²) in [6, 6.07) is 0.501. The number of aliphatic carboxylic acids is 1. The van der Waals surface area contributed by atoms with Crippen molar-refractivity contribution in [2.75, 3.05) is 0 Å². The fourth-order valence-electron chi connectivity index (χ4n) is 1.07. The summed E-state index contributed by atoms with van der Waals surface area (Å²) in [6.45, 7) is 1.67. The molecule has 1 rings (SSSR count). The van der Waals surface area contributed by atoms with E-state index in [0.717, 1.165) is 11.3 Å². The molecule has 1 heterocycles. The van der Waals surface area contributed by atoms with Crippen LogP contribution in [0.4, 0.5) is 0 Å². The minimum Gasteiger partial charge on any atom is -0.480 e. The highest BCUT2D eigenvalue weighted by atomic mass is 35.5. The van der Waals surface area contributed by atoms with Gasteiger partial charge in [-0.1, -0.05) is 30.1 Å². The number of hydrogen-bond donors (Lipinski definition) is 2. The van der Waals surface area contributed by atoms with Crippen LogP contribution in [0.5, 0.6) is 0 Å². The second kappa shape index (κ2) is 5.52.